The van der Waals surface area contributed by atoms with Crippen LogP contribution in [0.2, 0.25) is 0 Å². The average Bonchev–Trinajstić information content (AvgIpc) is 2.46. The summed E-state index contributed by atoms with van der Waals surface area (Å²) in [4.78, 5) is 4.02. The third-order valence-electron chi connectivity index (χ3n) is 2.56. The topological polar surface area (TPSA) is 50.3 Å². The molecule has 1 aromatic heterocycles. The highest BCUT2D eigenvalue weighted by atomic mass is 32.2. The molecule has 2 aromatic rings. The van der Waals surface area contributed by atoms with Crippen molar-refractivity contribution in [2.75, 3.05) is 10.8 Å². The molecule has 2 rings (SSSR count). The lowest BCUT2D eigenvalue weighted by atomic mass is 10.3. The SMILES string of the molecule is C=CCN(c1ccccc1)S(=O)(=O)c1cccnc1. The molecular weight excluding hydrogens is 260 g/mol. The van der Waals surface area contributed by atoms with Crippen LogP contribution in [0.25, 0.3) is 0 Å². The number of rotatable bonds is 5. The lowest BCUT2D eigenvalue weighted by Crippen LogP contribution is -2.31. The molecule has 0 saturated heterocycles. The van der Waals surface area contributed by atoms with Gasteiger partial charge in [-0.3, -0.25) is 9.29 Å². The number of hydrogen-bond acceptors (Lipinski definition) is 3. The van der Waals surface area contributed by atoms with E-state index in [1.54, 1.807) is 42.6 Å². The van der Waals surface area contributed by atoms with Gasteiger partial charge in [-0.2, -0.15) is 0 Å². The van der Waals surface area contributed by atoms with E-state index in [4.69, 9.17) is 0 Å². The summed E-state index contributed by atoms with van der Waals surface area (Å²) in [6.45, 7) is 3.82. The number of sulfonamides is 1. The summed E-state index contributed by atoms with van der Waals surface area (Å²) in [7, 11) is -3.62. The number of benzene rings is 1. The fraction of sp³-hybridized carbons (Fsp3) is 0.0714. The van der Waals surface area contributed by atoms with E-state index in [2.05, 4.69) is 11.6 Å². The van der Waals surface area contributed by atoms with Crippen molar-refractivity contribution in [1.82, 2.24) is 4.98 Å². The van der Waals surface area contributed by atoms with E-state index in [9.17, 15) is 8.42 Å². The van der Waals surface area contributed by atoms with E-state index in [-0.39, 0.29) is 11.4 Å². The monoisotopic (exact) mass is 274 g/mol. The van der Waals surface area contributed by atoms with Crippen LogP contribution in [-0.2, 0) is 10.0 Å². The van der Waals surface area contributed by atoms with Crippen LogP contribution in [-0.4, -0.2) is 19.9 Å². The van der Waals surface area contributed by atoms with E-state index >= 15 is 0 Å². The minimum atomic E-state index is -3.62. The predicted molar refractivity (Wildman–Crippen MR) is 75.4 cm³/mol. The summed E-state index contributed by atoms with van der Waals surface area (Å²) in [5, 5.41) is 0. The maximum atomic E-state index is 12.6. The van der Waals surface area contributed by atoms with Gasteiger partial charge in [0.1, 0.15) is 4.90 Å². The van der Waals surface area contributed by atoms with Crippen LogP contribution in [0, 0.1) is 0 Å². The molecule has 0 spiro atoms. The van der Waals surface area contributed by atoms with Crippen molar-refractivity contribution in [3.63, 3.8) is 0 Å². The van der Waals surface area contributed by atoms with Gasteiger partial charge in [-0.1, -0.05) is 24.3 Å². The molecule has 98 valence electrons. The Kier molecular flexibility index (Phi) is 3.97. The number of aromatic nitrogens is 1. The second kappa shape index (κ2) is 5.67. The highest BCUT2D eigenvalue weighted by Gasteiger charge is 2.23. The first kappa shape index (κ1) is 13.3. The zero-order valence-electron chi connectivity index (χ0n) is 10.3. The molecular formula is C14H14N2O2S. The summed E-state index contributed by atoms with van der Waals surface area (Å²) < 4.78 is 26.4. The van der Waals surface area contributed by atoms with Gasteiger partial charge in [-0.15, -0.1) is 6.58 Å². The van der Waals surface area contributed by atoms with Crippen LogP contribution >= 0.6 is 0 Å². The van der Waals surface area contributed by atoms with Crippen molar-refractivity contribution < 1.29 is 8.42 Å². The van der Waals surface area contributed by atoms with Gasteiger partial charge in [0, 0.05) is 12.4 Å². The van der Waals surface area contributed by atoms with E-state index in [0.717, 1.165) is 0 Å². The van der Waals surface area contributed by atoms with Crippen molar-refractivity contribution in [2.24, 2.45) is 0 Å². The van der Waals surface area contributed by atoms with Crippen LogP contribution < -0.4 is 4.31 Å². The van der Waals surface area contributed by atoms with Crippen molar-refractivity contribution in [3.05, 3.63) is 67.5 Å². The Labute approximate surface area is 113 Å². The first-order valence-electron chi connectivity index (χ1n) is 5.75. The van der Waals surface area contributed by atoms with Gasteiger partial charge in [0.25, 0.3) is 10.0 Å². The highest BCUT2D eigenvalue weighted by Crippen LogP contribution is 2.22. The van der Waals surface area contributed by atoms with Gasteiger partial charge >= 0.3 is 0 Å². The number of anilines is 1. The third kappa shape index (κ3) is 2.82. The number of pyridine rings is 1. The summed E-state index contributed by atoms with van der Waals surface area (Å²) in [5.74, 6) is 0. The van der Waals surface area contributed by atoms with Gasteiger partial charge in [0.05, 0.1) is 12.2 Å². The summed E-state index contributed by atoms with van der Waals surface area (Å²) in [6, 6.07) is 12.1. The van der Waals surface area contributed by atoms with Crippen LogP contribution in [0.4, 0.5) is 5.69 Å². The average molecular weight is 274 g/mol. The fourth-order valence-corrected chi connectivity index (χ4v) is 3.08. The maximum absolute atomic E-state index is 12.6. The zero-order valence-corrected chi connectivity index (χ0v) is 11.1. The maximum Gasteiger partial charge on any atom is 0.266 e. The van der Waals surface area contributed by atoms with Crippen molar-refractivity contribution in [1.29, 1.82) is 0 Å². The third-order valence-corrected chi connectivity index (χ3v) is 4.34. The summed E-state index contributed by atoms with van der Waals surface area (Å²) in [6.07, 6.45) is 4.44. The first-order valence-corrected chi connectivity index (χ1v) is 7.19. The molecule has 5 heteroatoms. The molecule has 0 saturated carbocycles. The quantitative estimate of drug-likeness (QED) is 0.787. The van der Waals surface area contributed by atoms with E-state index in [0.29, 0.717) is 5.69 Å². The molecule has 0 aliphatic heterocycles. The molecule has 1 aromatic carbocycles. The van der Waals surface area contributed by atoms with Crippen LogP contribution in [0.5, 0.6) is 0 Å². The molecule has 0 N–H and O–H groups in total. The molecule has 0 fully saturated rings. The number of hydrogen-bond donors (Lipinski definition) is 0. The minimum absolute atomic E-state index is 0.167. The lowest BCUT2D eigenvalue weighted by molar-refractivity contribution is 0.592. The normalized spacial score (nSPS) is 10.9. The Balaban J connectivity index is 2.48. The van der Waals surface area contributed by atoms with Crippen molar-refractivity contribution in [2.45, 2.75) is 4.90 Å². The summed E-state index contributed by atoms with van der Waals surface area (Å²) >= 11 is 0. The number of para-hydroxylation sites is 1. The molecule has 0 bridgehead atoms. The van der Waals surface area contributed by atoms with Gasteiger partial charge in [0.15, 0.2) is 0 Å². The smallest absolute Gasteiger partial charge is 0.263 e. The second-order valence-corrected chi connectivity index (χ2v) is 5.71. The van der Waals surface area contributed by atoms with Crippen molar-refractivity contribution in [3.8, 4) is 0 Å². The molecule has 0 aliphatic carbocycles. The number of nitrogens with zero attached hydrogens (tertiary/aromatic N) is 2. The first-order chi connectivity index (χ1) is 9.16. The standard InChI is InChI=1S/C14H14N2O2S/c1-2-11-16(13-7-4-3-5-8-13)19(17,18)14-9-6-10-15-12-14/h2-10,12H,1,11H2. The minimum Gasteiger partial charge on any atom is -0.263 e. The Morgan fingerprint density at radius 1 is 1.16 bits per heavy atom. The fourth-order valence-electron chi connectivity index (χ4n) is 1.68. The Hall–Kier alpha value is -2.14. The van der Waals surface area contributed by atoms with Crippen LogP contribution in [0.3, 0.4) is 0 Å². The van der Waals surface area contributed by atoms with Crippen molar-refractivity contribution >= 4 is 15.7 Å². The van der Waals surface area contributed by atoms with Gasteiger partial charge < -0.3 is 0 Å². The van der Waals surface area contributed by atoms with Gasteiger partial charge in [-0.25, -0.2) is 8.42 Å². The Morgan fingerprint density at radius 3 is 2.47 bits per heavy atom. The molecule has 0 atom stereocenters. The zero-order chi connectivity index (χ0) is 13.7. The van der Waals surface area contributed by atoms with Gasteiger partial charge in [0.2, 0.25) is 0 Å². The van der Waals surface area contributed by atoms with E-state index in [1.807, 2.05) is 6.07 Å². The second-order valence-electron chi connectivity index (χ2n) is 3.85. The molecule has 1 heterocycles. The molecule has 0 amide bonds. The van der Waals surface area contributed by atoms with Gasteiger partial charge in [-0.05, 0) is 24.3 Å². The Morgan fingerprint density at radius 2 is 1.89 bits per heavy atom. The van der Waals surface area contributed by atoms with E-state index in [1.165, 1.54) is 16.6 Å². The molecule has 19 heavy (non-hydrogen) atoms. The van der Waals surface area contributed by atoms with Crippen LogP contribution in [0.15, 0.2) is 72.4 Å². The molecule has 0 unspecified atom stereocenters. The molecule has 0 aliphatic rings. The largest absolute Gasteiger partial charge is 0.266 e. The molecule has 0 radical (unpaired) electrons. The highest BCUT2D eigenvalue weighted by molar-refractivity contribution is 7.92. The lowest BCUT2D eigenvalue weighted by Gasteiger charge is -2.22. The summed E-state index contributed by atoms with van der Waals surface area (Å²) in [5.41, 5.74) is 0.603. The molecule has 4 nitrogen and oxygen atoms in total. The van der Waals surface area contributed by atoms with Crippen LogP contribution in [0.1, 0.15) is 0 Å². The van der Waals surface area contributed by atoms with E-state index < -0.39 is 10.0 Å². The predicted octanol–water partition coefficient (Wildman–Crippen LogP) is 2.46. The Bertz CT molecular complexity index is 640.